The molecule has 0 fully saturated rings. The van der Waals surface area contributed by atoms with Crippen molar-refractivity contribution in [1.82, 2.24) is 0 Å². The number of allylic oxidation sites excluding steroid dienone is 1. The van der Waals surface area contributed by atoms with Gasteiger partial charge >= 0.3 is 0 Å². The van der Waals surface area contributed by atoms with Crippen molar-refractivity contribution in [3.63, 3.8) is 0 Å². The van der Waals surface area contributed by atoms with Crippen LogP contribution in [0, 0.1) is 0 Å². The highest BCUT2D eigenvalue weighted by Crippen LogP contribution is 2.33. The summed E-state index contributed by atoms with van der Waals surface area (Å²) in [6, 6.07) is 9.79. The summed E-state index contributed by atoms with van der Waals surface area (Å²) < 4.78 is 5.72. The molecule has 0 aliphatic carbocycles. The van der Waals surface area contributed by atoms with Crippen molar-refractivity contribution in [3.05, 3.63) is 48.6 Å². The summed E-state index contributed by atoms with van der Waals surface area (Å²) in [7, 11) is 0. The maximum Gasteiger partial charge on any atom is 0.116 e. The van der Waals surface area contributed by atoms with Crippen LogP contribution in [0.4, 0.5) is 0 Å². The molecule has 18 heavy (non-hydrogen) atoms. The summed E-state index contributed by atoms with van der Waals surface area (Å²) in [6.45, 7) is 8.35. The molecule has 0 aromatic heterocycles. The van der Waals surface area contributed by atoms with Crippen LogP contribution in [0.5, 0.6) is 0 Å². The SMILES string of the molecule is C=CCCC(O)(c1ccccc1)C(CC)OCC. The highest BCUT2D eigenvalue weighted by Gasteiger charge is 2.37. The Kier molecular flexibility index (Phi) is 6.10. The summed E-state index contributed by atoms with van der Waals surface area (Å²) in [4.78, 5) is 0. The second-order valence-corrected chi connectivity index (χ2v) is 4.47. The molecule has 0 radical (unpaired) electrons. The molecule has 2 nitrogen and oxygen atoms in total. The predicted molar refractivity (Wildman–Crippen MR) is 75.5 cm³/mol. The van der Waals surface area contributed by atoms with E-state index in [0.717, 1.165) is 18.4 Å². The molecule has 100 valence electrons. The standard InChI is InChI=1S/C16H24O2/c1-4-7-13-16(17,15(5-2)18-6-3)14-11-9-8-10-12-14/h4,8-12,15,17H,1,5-7,13H2,2-3H3. The first-order chi connectivity index (χ1) is 8.69. The van der Waals surface area contributed by atoms with E-state index < -0.39 is 5.60 Å². The van der Waals surface area contributed by atoms with E-state index in [1.165, 1.54) is 0 Å². The Morgan fingerprint density at radius 2 is 2.00 bits per heavy atom. The zero-order valence-corrected chi connectivity index (χ0v) is 11.4. The van der Waals surface area contributed by atoms with Gasteiger partial charge in [0.15, 0.2) is 0 Å². The van der Waals surface area contributed by atoms with Crippen molar-refractivity contribution in [2.45, 2.75) is 44.8 Å². The molecule has 0 bridgehead atoms. The van der Waals surface area contributed by atoms with E-state index >= 15 is 0 Å². The van der Waals surface area contributed by atoms with Gasteiger partial charge in [-0.25, -0.2) is 0 Å². The highest BCUT2D eigenvalue weighted by atomic mass is 16.5. The van der Waals surface area contributed by atoms with Crippen molar-refractivity contribution in [2.75, 3.05) is 6.61 Å². The maximum atomic E-state index is 11.0. The van der Waals surface area contributed by atoms with Gasteiger partial charge in [-0.1, -0.05) is 43.3 Å². The van der Waals surface area contributed by atoms with E-state index in [9.17, 15) is 5.11 Å². The van der Waals surface area contributed by atoms with Crippen LogP contribution in [0.3, 0.4) is 0 Å². The van der Waals surface area contributed by atoms with Crippen molar-refractivity contribution in [3.8, 4) is 0 Å². The van der Waals surface area contributed by atoms with Gasteiger partial charge in [-0.3, -0.25) is 0 Å². The second-order valence-electron chi connectivity index (χ2n) is 4.47. The van der Waals surface area contributed by atoms with Crippen LogP contribution < -0.4 is 0 Å². The molecule has 0 aliphatic rings. The molecule has 1 rings (SSSR count). The number of aliphatic hydroxyl groups is 1. The molecule has 0 amide bonds. The van der Waals surface area contributed by atoms with E-state index in [2.05, 4.69) is 6.58 Å². The van der Waals surface area contributed by atoms with Crippen LogP contribution in [0.25, 0.3) is 0 Å². The first-order valence-electron chi connectivity index (χ1n) is 6.69. The third kappa shape index (κ3) is 3.44. The number of hydrogen-bond acceptors (Lipinski definition) is 2. The second kappa shape index (κ2) is 7.34. The third-order valence-corrected chi connectivity index (χ3v) is 3.27. The zero-order valence-electron chi connectivity index (χ0n) is 11.4. The molecule has 2 atom stereocenters. The maximum absolute atomic E-state index is 11.0. The van der Waals surface area contributed by atoms with Gasteiger partial charge in [-0.05, 0) is 31.7 Å². The minimum absolute atomic E-state index is 0.176. The summed E-state index contributed by atoms with van der Waals surface area (Å²) in [5, 5.41) is 11.0. The minimum Gasteiger partial charge on any atom is -0.382 e. The van der Waals surface area contributed by atoms with E-state index in [4.69, 9.17) is 4.74 Å². The van der Waals surface area contributed by atoms with E-state index in [0.29, 0.717) is 13.0 Å². The summed E-state index contributed by atoms with van der Waals surface area (Å²) in [5.74, 6) is 0. The van der Waals surface area contributed by atoms with Crippen LogP contribution >= 0.6 is 0 Å². The van der Waals surface area contributed by atoms with Crippen molar-refractivity contribution >= 4 is 0 Å². The molecular formula is C16H24O2. The van der Waals surface area contributed by atoms with Crippen LogP contribution in [-0.2, 0) is 10.3 Å². The Morgan fingerprint density at radius 3 is 2.50 bits per heavy atom. The lowest BCUT2D eigenvalue weighted by Gasteiger charge is -2.36. The molecule has 1 aromatic rings. The largest absolute Gasteiger partial charge is 0.382 e. The summed E-state index contributed by atoms with van der Waals surface area (Å²) in [5.41, 5.74) is -0.00706. The van der Waals surface area contributed by atoms with Gasteiger partial charge in [0.2, 0.25) is 0 Å². The number of benzene rings is 1. The molecule has 1 N–H and O–H groups in total. The molecule has 0 spiro atoms. The monoisotopic (exact) mass is 248 g/mol. The van der Waals surface area contributed by atoms with Crippen molar-refractivity contribution < 1.29 is 9.84 Å². The smallest absolute Gasteiger partial charge is 0.116 e. The van der Waals surface area contributed by atoms with Gasteiger partial charge in [-0.2, -0.15) is 0 Å². The average Bonchev–Trinajstić information content (AvgIpc) is 2.43. The molecule has 0 aliphatic heterocycles. The van der Waals surface area contributed by atoms with Crippen molar-refractivity contribution in [1.29, 1.82) is 0 Å². The van der Waals surface area contributed by atoms with Crippen LogP contribution in [0.15, 0.2) is 43.0 Å². The topological polar surface area (TPSA) is 29.5 Å². The Morgan fingerprint density at radius 1 is 1.33 bits per heavy atom. The Balaban J connectivity index is 3.03. The zero-order chi connectivity index (χ0) is 13.4. The number of rotatable bonds is 8. The lowest BCUT2D eigenvalue weighted by Crippen LogP contribution is -2.41. The van der Waals surface area contributed by atoms with Gasteiger partial charge in [0.05, 0.1) is 6.10 Å². The highest BCUT2D eigenvalue weighted by molar-refractivity contribution is 5.24. The summed E-state index contributed by atoms with van der Waals surface area (Å²) >= 11 is 0. The van der Waals surface area contributed by atoms with Gasteiger partial charge in [-0.15, -0.1) is 6.58 Å². The normalized spacial score (nSPS) is 15.9. The lowest BCUT2D eigenvalue weighted by atomic mass is 9.82. The summed E-state index contributed by atoms with van der Waals surface area (Å²) in [6.07, 6.45) is 3.86. The fraction of sp³-hybridized carbons (Fsp3) is 0.500. The van der Waals surface area contributed by atoms with Crippen molar-refractivity contribution in [2.24, 2.45) is 0 Å². The first-order valence-corrected chi connectivity index (χ1v) is 6.69. The average molecular weight is 248 g/mol. The molecule has 0 saturated carbocycles. The first kappa shape index (κ1) is 14.9. The van der Waals surface area contributed by atoms with Crippen LogP contribution in [0.2, 0.25) is 0 Å². The molecule has 1 aromatic carbocycles. The Labute approximate surface area is 110 Å². The minimum atomic E-state index is -0.930. The van der Waals surface area contributed by atoms with E-state index in [1.807, 2.05) is 50.3 Å². The molecule has 0 heterocycles. The van der Waals surface area contributed by atoms with Gasteiger partial charge in [0.25, 0.3) is 0 Å². The van der Waals surface area contributed by atoms with E-state index in [-0.39, 0.29) is 6.10 Å². The van der Waals surface area contributed by atoms with Gasteiger partial charge in [0, 0.05) is 6.61 Å². The number of hydrogen-bond donors (Lipinski definition) is 1. The van der Waals surface area contributed by atoms with Gasteiger partial charge < -0.3 is 9.84 Å². The predicted octanol–water partition coefficient (Wildman–Crippen LogP) is 3.66. The van der Waals surface area contributed by atoms with Crippen LogP contribution in [0.1, 0.15) is 38.7 Å². The van der Waals surface area contributed by atoms with Crippen LogP contribution in [-0.4, -0.2) is 17.8 Å². The molecule has 2 unspecified atom stereocenters. The molecular weight excluding hydrogens is 224 g/mol. The molecule has 2 heteroatoms. The number of ether oxygens (including phenoxy) is 1. The van der Waals surface area contributed by atoms with E-state index in [1.54, 1.807) is 0 Å². The lowest BCUT2D eigenvalue weighted by molar-refractivity contribution is -0.117. The third-order valence-electron chi connectivity index (χ3n) is 3.27. The Hall–Kier alpha value is -1.12. The fourth-order valence-corrected chi connectivity index (χ4v) is 2.33. The molecule has 0 saturated heterocycles. The quantitative estimate of drug-likeness (QED) is 0.711. The Bertz CT molecular complexity index is 347. The fourth-order valence-electron chi connectivity index (χ4n) is 2.33. The van der Waals surface area contributed by atoms with Gasteiger partial charge in [0.1, 0.15) is 5.60 Å².